The Bertz CT molecular complexity index is 476. The molecule has 2 heterocycles. The molecule has 2 rings (SSSR count). The van der Waals surface area contributed by atoms with Crippen LogP contribution in [0, 0.1) is 5.92 Å². The molecule has 1 atom stereocenters. The van der Waals surface area contributed by atoms with Crippen molar-refractivity contribution < 1.29 is 14.3 Å². The molecule has 1 aromatic heterocycles. The van der Waals surface area contributed by atoms with E-state index in [0.717, 1.165) is 18.5 Å². The fourth-order valence-electron chi connectivity index (χ4n) is 2.30. The molecule has 1 aliphatic heterocycles. The van der Waals surface area contributed by atoms with Crippen molar-refractivity contribution in [1.82, 2.24) is 14.9 Å². The summed E-state index contributed by atoms with van der Waals surface area (Å²) in [5.41, 5.74) is 0.322. The van der Waals surface area contributed by atoms with Gasteiger partial charge >= 0.3 is 6.09 Å². The molecule has 6 heteroatoms. The van der Waals surface area contributed by atoms with E-state index >= 15 is 0 Å². The number of ether oxygens (including phenoxy) is 1. The van der Waals surface area contributed by atoms with Crippen molar-refractivity contribution in [1.29, 1.82) is 0 Å². The molecule has 2 amide bonds. The molecule has 0 aliphatic carbocycles. The molecule has 1 N–H and O–H groups in total. The van der Waals surface area contributed by atoms with E-state index in [2.05, 4.69) is 9.97 Å². The number of nitrogens with one attached hydrogen (secondary N) is 1. The quantitative estimate of drug-likeness (QED) is 0.899. The second kappa shape index (κ2) is 5.64. The largest absolute Gasteiger partial charge is 0.443 e. The third-order valence-electron chi connectivity index (χ3n) is 3.18. The molecule has 0 radical (unpaired) electrons. The van der Waals surface area contributed by atoms with Crippen LogP contribution in [0.15, 0.2) is 12.5 Å². The first-order valence-electron chi connectivity index (χ1n) is 6.88. The Hall–Kier alpha value is -1.85. The average molecular weight is 279 g/mol. The number of aromatic nitrogens is 2. The third-order valence-corrected chi connectivity index (χ3v) is 3.18. The number of likely N-dealkylation sites (tertiary alicyclic amines) is 1. The summed E-state index contributed by atoms with van der Waals surface area (Å²) in [6.07, 6.45) is 4.93. The highest BCUT2D eigenvalue weighted by Crippen LogP contribution is 2.23. The minimum Gasteiger partial charge on any atom is -0.443 e. The number of imide groups is 1. The first kappa shape index (κ1) is 14.6. The zero-order valence-corrected chi connectivity index (χ0v) is 12.2. The second-order valence-corrected chi connectivity index (χ2v) is 6.09. The van der Waals surface area contributed by atoms with Crippen molar-refractivity contribution >= 4 is 12.0 Å². The molecular weight excluding hydrogens is 258 g/mol. The van der Waals surface area contributed by atoms with Gasteiger partial charge in [0.15, 0.2) is 0 Å². The minimum atomic E-state index is -0.590. The van der Waals surface area contributed by atoms with E-state index in [1.165, 1.54) is 4.90 Å². The summed E-state index contributed by atoms with van der Waals surface area (Å²) in [7, 11) is 0. The number of carbonyl (C=O) groups is 2. The molecule has 1 saturated heterocycles. The Balaban J connectivity index is 2.01. The maximum atomic E-state index is 12.4. The van der Waals surface area contributed by atoms with E-state index in [1.807, 2.05) is 0 Å². The van der Waals surface area contributed by atoms with E-state index in [9.17, 15) is 9.59 Å². The van der Waals surface area contributed by atoms with E-state index in [0.29, 0.717) is 13.0 Å². The normalized spacial score (nSPS) is 20.1. The van der Waals surface area contributed by atoms with Gasteiger partial charge < -0.3 is 9.72 Å². The zero-order chi connectivity index (χ0) is 14.8. The van der Waals surface area contributed by atoms with Gasteiger partial charge in [0.2, 0.25) is 5.91 Å². The number of rotatable bonds is 2. The Morgan fingerprint density at radius 1 is 1.55 bits per heavy atom. The lowest BCUT2D eigenvalue weighted by molar-refractivity contribution is -0.137. The lowest BCUT2D eigenvalue weighted by Crippen LogP contribution is -2.47. The highest BCUT2D eigenvalue weighted by molar-refractivity contribution is 5.94. The predicted molar refractivity (Wildman–Crippen MR) is 73.0 cm³/mol. The van der Waals surface area contributed by atoms with Gasteiger partial charge in [-0.05, 0) is 33.6 Å². The topological polar surface area (TPSA) is 75.3 Å². The average Bonchev–Trinajstić information content (AvgIpc) is 2.82. The molecule has 0 saturated carbocycles. The van der Waals surface area contributed by atoms with Crippen LogP contribution in [-0.4, -0.2) is 39.0 Å². The highest BCUT2D eigenvalue weighted by atomic mass is 16.6. The van der Waals surface area contributed by atoms with Gasteiger partial charge in [-0.2, -0.15) is 0 Å². The van der Waals surface area contributed by atoms with Crippen molar-refractivity contribution in [2.24, 2.45) is 5.92 Å². The van der Waals surface area contributed by atoms with Crippen LogP contribution >= 0.6 is 0 Å². The molecule has 1 unspecified atom stereocenters. The molecule has 0 spiro atoms. The Kier molecular flexibility index (Phi) is 4.11. The number of aromatic amines is 1. The molecular formula is C14H21N3O3. The van der Waals surface area contributed by atoms with Crippen LogP contribution in [0.25, 0.3) is 0 Å². The number of H-pyrrole nitrogens is 1. The van der Waals surface area contributed by atoms with Gasteiger partial charge in [-0.25, -0.2) is 14.7 Å². The number of nitrogens with zero attached hydrogens (tertiary/aromatic N) is 2. The van der Waals surface area contributed by atoms with E-state index < -0.39 is 11.7 Å². The molecule has 110 valence electrons. The number of carbonyl (C=O) groups excluding carboxylic acids is 2. The van der Waals surface area contributed by atoms with E-state index in [-0.39, 0.29) is 11.8 Å². The summed E-state index contributed by atoms with van der Waals surface area (Å²) in [5.74, 6) is -0.336. The van der Waals surface area contributed by atoms with Crippen LogP contribution in [0.2, 0.25) is 0 Å². The van der Waals surface area contributed by atoms with Crippen molar-refractivity contribution in [3.05, 3.63) is 18.2 Å². The number of amides is 2. The van der Waals surface area contributed by atoms with E-state index in [1.54, 1.807) is 33.3 Å². The smallest absolute Gasteiger partial charge is 0.417 e. The van der Waals surface area contributed by atoms with Crippen LogP contribution < -0.4 is 0 Å². The highest BCUT2D eigenvalue weighted by Gasteiger charge is 2.35. The fraction of sp³-hybridized carbons (Fsp3) is 0.643. The van der Waals surface area contributed by atoms with Crippen LogP contribution in [0.1, 0.15) is 39.3 Å². The summed E-state index contributed by atoms with van der Waals surface area (Å²) in [4.78, 5) is 32.6. The van der Waals surface area contributed by atoms with Crippen molar-refractivity contribution in [3.8, 4) is 0 Å². The number of piperidine rings is 1. The Morgan fingerprint density at radius 2 is 2.30 bits per heavy atom. The molecule has 0 aromatic carbocycles. The van der Waals surface area contributed by atoms with Gasteiger partial charge in [-0.15, -0.1) is 0 Å². The Morgan fingerprint density at radius 3 is 2.90 bits per heavy atom. The first-order valence-corrected chi connectivity index (χ1v) is 6.88. The van der Waals surface area contributed by atoms with Crippen molar-refractivity contribution in [2.45, 2.75) is 45.6 Å². The lowest BCUT2D eigenvalue weighted by atomic mass is 9.93. The van der Waals surface area contributed by atoms with Crippen LogP contribution in [0.5, 0.6) is 0 Å². The van der Waals surface area contributed by atoms with Crippen molar-refractivity contribution in [3.63, 3.8) is 0 Å². The summed E-state index contributed by atoms with van der Waals surface area (Å²) < 4.78 is 5.28. The summed E-state index contributed by atoms with van der Waals surface area (Å²) in [6.45, 7) is 5.82. The molecule has 1 aliphatic rings. The first-order chi connectivity index (χ1) is 9.37. The van der Waals surface area contributed by atoms with Gasteiger partial charge in [-0.1, -0.05) is 0 Å². The van der Waals surface area contributed by atoms with Gasteiger partial charge in [0, 0.05) is 30.8 Å². The predicted octanol–water partition coefficient (Wildman–Crippen LogP) is 2.13. The van der Waals surface area contributed by atoms with Gasteiger partial charge in [0.25, 0.3) is 0 Å². The maximum Gasteiger partial charge on any atom is 0.417 e. The second-order valence-electron chi connectivity index (χ2n) is 6.09. The Labute approximate surface area is 118 Å². The standard InChI is InChI=1S/C14H21N3O3/c1-14(2,3)20-13(19)17-6-4-5-10(12(17)18)7-11-8-15-9-16-11/h8-10H,4-7H2,1-3H3,(H,15,16). The van der Waals surface area contributed by atoms with Crippen LogP contribution in [0.4, 0.5) is 4.79 Å². The lowest BCUT2D eigenvalue weighted by Gasteiger charge is -2.32. The SMILES string of the molecule is CC(C)(C)OC(=O)N1CCCC(Cc2cnc[nH]2)C1=O. The summed E-state index contributed by atoms with van der Waals surface area (Å²) >= 11 is 0. The molecule has 6 nitrogen and oxygen atoms in total. The molecule has 1 aromatic rings. The van der Waals surface area contributed by atoms with Crippen molar-refractivity contribution in [2.75, 3.05) is 6.54 Å². The van der Waals surface area contributed by atoms with E-state index in [4.69, 9.17) is 4.74 Å². The fourth-order valence-corrected chi connectivity index (χ4v) is 2.30. The molecule has 1 fully saturated rings. The monoisotopic (exact) mass is 279 g/mol. The van der Waals surface area contributed by atoms with Gasteiger partial charge in [0.05, 0.1) is 6.33 Å². The number of hydrogen-bond donors (Lipinski definition) is 1. The zero-order valence-electron chi connectivity index (χ0n) is 12.2. The maximum absolute atomic E-state index is 12.4. The van der Waals surface area contributed by atoms with Crippen LogP contribution in [0.3, 0.4) is 0 Å². The molecule has 0 bridgehead atoms. The van der Waals surface area contributed by atoms with Gasteiger partial charge in [0.1, 0.15) is 5.60 Å². The summed E-state index contributed by atoms with van der Waals surface area (Å²) in [5, 5.41) is 0. The third kappa shape index (κ3) is 3.59. The van der Waals surface area contributed by atoms with Gasteiger partial charge in [-0.3, -0.25) is 4.79 Å². The minimum absolute atomic E-state index is 0.153. The number of hydrogen-bond acceptors (Lipinski definition) is 4. The summed E-state index contributed by atoms with van der Waals surface area (Å²) in [6, 6.07) is 0. The number of imidazole rings is 1. The van der Waals surface area contributed by atoms with Crippen LogP contribution in [-0.2, 0) is 16.0 Å². The molecule has 20 heavy (non-hydrogen) atoms.